The van der Waals surface area contributed by atoms with Crippen LogP contribution in [0.15, 0.2) is 24.3 Å². The van der Waals surface area contributed by atoms with Gasteiger partial charge in [-0.25, -0.2) is 0 Å². The van der Waals surface area contributed by atoms with Crippen LogP contribution in [0.5, 0.6) is 5.75 Å². The van der Waals surface area contributed by atoms with E-state index in [0.29, 0.717) is 0 Å². The summed E-state index contributed by atoms with van der Waals surface area (Å²) in [5.41, 5.74) is 0.588. The Morgan fingerprint density at radius 1 is 1.29 bits per heavy atom. The predicted octanol–water partition coefficient (Wildman–Crippen LogP) is 1.69. The molecule has 0 bridgehead atoms. The topological polar surface area (TPSA) is 47.6 Å². The van der Waals surface area contributed by atoms with Gasteiger partial charge in [0, 0.05) is 0 Å². The van der Waals surface area contributed by atoms with Crippen molar-refractivity contribution in [2.75, 3.05) is 21.3 Å². The summed E-state index contributed by atoms with van der Waals surface area (Å²) in [7, 11) is 4.85. The van der Waals surface area contributed by atoms with Crippen molar-refractivity contribution in [2.24, 2.45) is 0 Å². The molecule has 17 heavy (non-hydrogen) atoms. The first kappa shape index (κ1) is 13.5. The highest BCUT2D eigenvalue weighted by atomic mass is 16.5. The molecule has 1 atom stereocenters. The van der Waals surface area contributed by atoms with E-state index in [2.05, 4.69) is 5.32 Å². The van der Waals surface area contributed by atoms with Crippen LogP contribution in [0.25, 0.3) is 0 Å². The van der Waals surface area contributed by atoms with Crippen molar-refractivity contribution < 1.29 is 14.3 Å². The molecule has 94 valence electrons. The van der Waals surface area contributed by atoms with Crippen LogP contribution in [0.1, 0.15) is 18.9 Å². The molecule has 0 amide bonds. The van der Waals surface area contributed by atoms with Crippen molar-refractivity contribution in [1.29, 1.82) is 0 Å². The van der Waals surface area contributed by atoms with Gasteiger partial charge in [0.1, 0.15) is 5.75 Å². The van der Waals surface area contributed by atoms with E-state index in [1.165, 1.54) is 7.11 Å². The molecule has 0 aliphatic heterocycles. The first-order valence-electron chi connectivity index (χ1n) is 5.46. The molecule has 1 aromatic rings. The normalized spacial score (nSPS) is 13.9. The molecule has 0 aromatic heterocycles. The van der Waals surface area contributed by atoms with Crippen LogP contribution < -0.4 is 10.1 Å². The lowest BCUT2D eigenvalue weighted by molar-refractivity contribution is -0.142. The number of hydrogen-bond donors (Lipinski definition) is 1. The van der Waals surface area contributed by atoms with Gasteiger partial charge in [0.05, 0.1) is 26.2 Å². The largest absolute Gasteiger partial charge is 0.497 e. The molecule has 4 nitrogen and oxygen atoms in total. The van der Waals surface area contributed by atoms with Gasteiger partial charge in [0.15, 0.2) is 0 Å². The van der Waals surface area contributed by atoms with E-state index in [9.17, 15) is 4.79 Å². The lowest BCUT2D eigenvalue weighted by Crippen LogP contribution is -2.39. The number of rotatable bonds is 5. The van der Waals surface area contributed by atoms with Gasteiger partial charge in [-0.1, -0.05) is 12.1 Å². The molecule has 0 aliphatic rings. The van der Waals surface area contributed by atoms with E-state index >= 15 is 0 Å². The Balaban J connectivity index is 2.94. The maximum atomic E-state index is 11.4. The van der Waals surface area contributed by atoms with Gasteiger partial charge in [0.25, 0.3) is 0 Å². The Morgan fingerprint density at radius 2 is 1.88 bits per heavy atom. The van der Waals surface area contributed by atoms with Gasteiger partial charge in [0.2, 0.25) is 0 Å². The summed E-state index contributed by atoms with van der Waals surface area (Å²) >= 11 is 0. The average molecular weight is 237 g/mol. The molecule has 0 saturated heterocycles. The van der Waals surface area contributed by atoms with Crippen molar-refractivity contribution in [3.8, 4) is 5.75 Å². The molecule has 1 unspecified atom stereocenters. The van der Waals surface area contributed by atoms with Crippen LogP contribution >= 0.6 is 0 Å². The van der Waals surface area contributed by atoms with Gasteiger partial charge in [-0.15, -0.1) is 0 Å². The molecule has 0 aliphatic carbocycles. The predicted molar refractivity (Wildman–Crippen MR) is 66.0 cm³/mol. The number of nitrogens with one attached hydrogen (secondary N) is 1. The van der Waals surface area contributed by atoms with Crippen molar-refractivity contribution in [2.45, 2.75) is 18.9 Å². The zero-order valence-corrected chi connectivity index (χ0v) is 10.7. The third kappa shape index (κ3) is 3.20. The van der Waals surface area contributed by atoms with Gasteiger partial charge in [-0.3, -0.25) is 4.79 Å². The maximum Gasteiger partial charge on any atom is 0.307 e. The number of hydrogen-bond acceptors (Lipinski definition) is 4. The van der Waals surface area contributed by atoms with Crippen LogP contribution in [0.3, 0.4) is 0 Å². The Kier molecular flexibility index (Phi) is 4.52. The minimum absolute atomic E-state index is 0.238. The molecule has 0 radical (unpaired) electrons. The van der Waals surface area contributed by atoms with Crippen LogP contribution in [0.2, 0.25) is 0 Å². The summed E-state index contributed by atoms with van der Waals surface area (Å²) in [6.45, 7) is 1.96. The van der Waals surface area contributed by atoms with E-state index in [-0.39, 0.29) is 12.4 Å². The fraction of sp³-hybridized carbons (Fsp3) is 0.462. The molecule has 0 saturated carbocycles. The number of carbonyl (C=O) groups is 1. The second-order valence-corrected chi connectivity index (χ2v) is 4.06. The summed E-state index contributed by atoms with van der Waals surface area (Å²) in [6.07, 6.45) is 0.284. The third-order valence-electron chi connectivity index (χ3n) is 3.00. The number of carbonyl (C=O) groups excluding carboxylic acids is 1. The smallest absolute Gasteiger partial charge is 0.307 e. The Morgan fingerprint density at radius 3 is 2.29 bits per heavy atom. The van der Waals surface area contributed by atoms with E-state index in [1.807, 2.05) is 38.2 Å². The van der Waals surface area contributed by atoms with E-state index in [0.717, 1.165) is 11.3 Å². The molecule has 0 heterocycles. The lowest BCUT2D eigenvalue weighted by Gasteiger charge is -2.28. The van der Waals surface area contributed by atoms with Gasteiger partial charge in [-0.2, -0.15) is 0 Å². The van der Waals surface area contributed by atoms with Crippen LogP contribution in [-0.2, 0) is 15.1 Å². The second kappa shape index (κ2) is 5.68. The molecular formula is C13H19NO3. The first-order valence-corrected chi connectivity index (χ1v) is 5.46. The SMILES string of the molecule is CNC(C)(CC(=O)OC)c1ccc(OC)cc1. The highest BCUT2D eigenvalue weighted by molar-refractivity contribution is 5.71. The summed E-state index contributed by atoms with van der Waals surface area (Å²) < 4.78 is 9.82. The molecule has 1 rings (SSSR count). The first-order chi connectivity index (χ1) is 8.05. The number of benzene rings is 1. The molecule has 0 fully saturated rings. The Labute approximate surface area is 102 Å². The lowest BCUT2D eigenvalue weighted by atomic mass is 9.89. The number of esters is 1. The summed E-state index contributed by atoms with van der Waals surface area (Å²) in [5, 5.41) is 3.16. The standard InChI is InChI=1S/C13H19NO3/c1-13(14-2,9-12(15)17-4)10-5-7-11(16-3)8-6-10/h5-8,14H,9H2,1-4H3. The van der Waals surface area contributed by atoms with E-state index in [1.54, 1.807) is 7.11 Å². The highest BCUT2D eigenvalue weighted by Gasteiger charge is 2.28. The third-order valence-corrected chi connectivity index (χ3v) is 3.00. The number of ether oxygens (including phenoxy) is 2. The van der Waals surface area contributed by atoms with Gasteiger partial charge >= 0.3 is 5.97 Å². The van der Waals surface area contributed by atoms with Crippen molar-refractivity contribution >= 4 is 5.97 Å². The fourth-order valence-electron chi connectivity index (χ4n) is 1.65. The van der Waals surface area contributed by atoms with E-state index in [4.69, 9.17) is 9.47 Å². The number of methoxy groups -OCH3 is 2. The van der Waals surface area contributed by atoms with Gasteiger partial charge in [-0.05, 0) is 31.7 Å². The minimum atomic E-state index is -0.431. The van der Waals surface area contributed by atoms with Crippen molar-refractivity contribution in [3.05, 3.63) is 29.8 Å². The van der Waals surface area contributed by atoms with Gasteiger partial charge < -0.3 is 14.8 Å². The van der Waals surface area contributed by atoms with Crippen LogP contribution in [0.4, 0.5) is 0 Å². The minimum Gasteiger partial charge on any atom is -0.497 e. The fourth-order valence-corrected chi connectivity index (χ4v) is 1.65. The van der Waals surface area contributed by atoms with Crippen molar-refractivity contribution in [3.63, 3.8) is 0 Å². The van der Waals surface area contributed by atoms with Crippen molar-refractivity contribution in [1.82, 2.24) is 5.32 Å². The summed E-state index contributed by atoms with van der Waals surface area (Å²) in [4.78, 5) is 11.4. The molecular weight excluding hydrogens is 218 g/mol. The molecule has 0 spiro atoms. The summed E-state index contributed by atoms with van der Waals surface area (Å²) in [5.74, 6) is 0.558. The summed E-state index contributed by atoms with van der Waals surface area (Å²) in [6, 6.07) is 7.64. The molecule has 1 aromatic carbocycles. The second-order valence-electron chi connectivity index (χ2n) is 4.06. The molecule has 1 N–H and O–H groups in total. The average Bonchev–Trinajstić information content (AvgIpc) is 2.38. The van der Waals surface area contributed by atoms with Crippen LogP contribution in [0, 0.1) is 0 Å². The van der Waals surface area contributed by atoms with Crippen LogP contribution in [-0.4, -0.2) is 27.2 Å². The molecule has 4 heteroatoms. The zero-order chi connectivity index (χ0) is 12.9. The quantitative estimate of drug-likeness (QED) is 0.792. The van der Waals surface area contributed by atoms with E-state index < -0.39 is 5.54 Å². The highest BCUT2D eigenvalue weighted by Crippen LogP contribution is 2.26. The Bertz CT molecular complexity index is 375. The monoisotopic (exact) mass is 237 g/mol. The maximum absolute atomic E-state index is 11.4. The Hall–Kier alpha value is -1.55. The zero-order valence-electron chi connectivity index (χ0n) is 10.7.